The van der Waals surface area contributed by atoms with Crippen molar-refractivity contribution in [1.29, 1.82) is 0 Å². The Morgan fingerprint density at radius 1 is 1.06 bits per heavy atom. The Balaban J connectivity index is 2.29. The summed E-state index contributed by atoms with van der Waals surface area (Å²) in [6.07, 6.45) is 1.06. The molecule has 1 N–H and O–H groups in total. The van der Waals surface area contributed by atoms with Gasteiger partial charge in [-0.1, -0.05) is 26.1 Å². The summed E-state index contributed by atoms with van der Waals surface area (Å²) in [6.45, 7) is 14.4. The van der Waals surface area contributed by atoms with E-state index in [-0.39, 0.29) is 0 Å². The molecule has 1 nitrogen and oxygen atoms in total. The van der Waals surface area contributed by atoms with E-state index in [0.29, 0.717) is 0 Å². The first-order valence-corrected chi connectivity index (χ1v) is 6.00. The molecule has 0 saturated heterocycles. The molecule has 17 heavy (non-hydrogen) atoms. The van der Waals surface area contributed by atoms with E-state index < -0.39 is 0 Å². The van der Waals surface area contributed by atoms with E-state index >= 15 is 0 Å². The molecule has 1 aliphatic rings. The standard InChI is InChI=1S/C16H19N/c1-6-14-7-10(2)8-15(9-14)17-16-12(4)11(3)13(16)5/h7-9,17H,3-4,6H2,1-2,5H3. The molecule has 0 aliphatic heterocycles. The van der Waals surface area contributed by atoms with Gasteiger partial charge in [-0.25, -0.2) is 0 Å². The fourth-order valence-electron chi connectivity index (χ4n) is 2.14. The topological polar surface area (TPSA) is 12.0 Å². The van der Waals surface area contributed by atoms with Crippen molar-refractivity contribution >= 4 is 5.69 Å². The van der Waals surface area contributed by atoms with Gasteiger partial charge in [0.15, 0.2) is 0 Å². The Morgan fingerprint density at radius 2 is 1.76 bits per heavy atom. The average molecular weight is 225 g/mol. The Kier molecular flexibility index (Phi) is 2.93. The summed E-state index contributed by atoms with van der Waals surface area (Å²) in [5, 5.41) is 3.44. The first kappa shape index (κ1) is 11.7. The largest absolute Gasteiger partial charge is 0.355 e. The molecule has 0 radical (unpaired) electrons. The number of anilines is 1. The van der Waals surface area contributed by atoms with Crippen LogP contribution < -0.4 is 5.32 Å². The number of hydrogen-bond acceptors (Lipinski definition) is 1. The van der Waals surface area contributed by atoms with Gasteiger partial charge in [0.05, 0.1) is 0 Å². The van der Waals surface area contributed by atoms with Crippen LogP contribution in [0.4, 0.5) is 5.69 Å². The summed E-state index contributed by atoms with van der Waals surface area (Å²) >= 11 is 0. The van der Waals surface area contributed by atoms with Crippen LogP contribution in [-0.2, 0) is 6.42 Å². The van der Waals surface area contributed by atoms with Gasteiger partial charge in [-0.3, -0.25) is 0 Å². The highest BCUT2D eigenvalue weighted by Crippen LogP contribution is 2.37. The molecule has 0 fully saturated rings. The molecule has 1 heteroatoms. The third kappa shape index (κ3) is 2.05. The lowest BCUT2D eigenvalue weighted by atomic mass is 9.85. The molecule has 0 bridgehead atoms. The molecular weight excluding hydrogens is 206 g/mol. The van der Waals surface area contributed by atoms with Crippen LogP contribution in [0.25, 0.3) is 0 Å². The SMILES string of the molecule is C=C1C(=C)C(Nc2cc(C)cc(CC)c2)=C1C. The van der Waals surface area contributed by atoms with E-state index in [4.69, 9.17) is 0 Å². The monoisotopic (exact) mass is 225 g/mol. The minimum absolute atomic E-state index is 1.03. The van der Waals surface area contributed by atoms with E-state index in [1.807, 2.05) is 0 Å². The van der Waals surface area contributed by atoms with Crippen molar-refractivity contribution in [2.75, 3.05) is 5.32 Å². The lowest BCUT2D eigenvalue weighted by Crippen LogP contribution is -2.16. The van der Waals surface area contributed by atoms with E-state index in [0.717, 1.165) is 29.0 Å². The van der Waals surface area contributed by atoms with Crippen LogP contribution in [0.2, 0.25) is 0 Å². The predicted octanol–water partition coefficient (Wildman–Crippen LogP) is 4.37. The minimum Gasteiger partial charge on any atom is -0.355 e. The highest BCUT2D eigenvalue weighted by Gasteiger charge is 2.22. The third-order valence-electron chi connectivity index (χ3n) is 3.31. The number of hydrogen-bond donors (Lipinski definition) is 1. The molecule has 88 valence electrons. The maximum atomic E-state index is 4.01. The van der Waals surface area contributed by atoms with Gasteiger partial charge >= 0.3 is 0 Å². The number of rotatable bonds is 3. The number of allylic oxidation sites excluding steroid dienone is 2. The van der Waals surface area contributed by atoms with Crippen molar-refractivity contribution in [1.82, 2.24) is 0 Å². The lowest BCUT2D eigenvalue weighted by molar-refractivity contribution is 1.12. The Labute approximate surface area is 104 Å². The van der Waals surface area contributed by atoms with Crippen LogP contribution in [-0.4, -0.2) is 0 Å². The molecule has 0 atom stereocenters. The summed E-state index contributed by atoms with van der Waals surface area (Å²) in [5.41, 5.74) is 8.23. The molecule has 0 aromatic heterocycles. The van der Waals surface area contributed by atoms with E-state index in [1.54, 1.807) is 0 Å². The Morgan fingerprint density at radius 3 is 2.35 bits per heavy atom. The summed E-state index contributed by atoms with van der Waals surface area (Å²) in [6, 6.07) is 6.58. The van der Waals surface area contributed by atoms with Crippen LogP contribution in [0, 0.1) is 6.92 Å². The first-order chi connectivity index (χ1) is 8.02. The third-order valence-corrected chi connectivity index (χ3v) is 3.31. The van der Waals surface area contributed by atoms with Crippen LogP contribution in [0.3, 0.4) is 0 Å². The average Bonchev–Trinajstić information content (AvgIpc) is 2.33. The zero-order valence-corrected chi connectivity index (χ0v) is 10.9. The molecule has 1 aliphatic carbocycles. The van der Waals surface area contributed by atoms with Crippen molar-refractivity contribution in [2.24, 2.45) is 0 Å². The second-order valence-electron chi connectivity index (χ2n) is 4.64. The molecule has 1 aromatic rings. The van der Waals surface area contributed by atoms with E-state index in [9.17, 15) is 0 Å². The normalized spacial score (nSPS) is 15.0. The molecule has 2 rings (SSSR count). The smallest absolute Gasteiger partial charge is 0.0493 e. The fraction of sp³-hybridized carbons (Fsp3) is 0.250. The predicted molar refractivity (Wildman–Crippen MR) is 75.2 cm³/mol. The van der Waals surface area contributed by atoms with Crippen molar-refractivity contribution < 1.29 is 0 Å². The van der Waals surface area contributed by atoms with Crippen molar-refractivity contribution in [3.63, 3.8) is 0 Å². The molecule has 0 saturated carbocycles. The Bertz CT molecular complexity index is 532. The molecule has 0 heterocycles. The molecule has 0 unspecified atom stereocenters. The zero-order valence-electron chi connectivity index (χ0n) is 10.9. The summed E-state index contributed by atoms with van der Waals surface area (Å²) in [5.74, 6) is 0. The quantitative estimate of drug-likeness (QED) is 0.805. The minimum atomic E-state index is 1.03. The van der Waals surface area contributed by atoms with Crippen LogP contribution in [0.1, 0.15) is 25.0 Å². The molecule has 0 spiro atoms. The molecule has 0 amide bonds. The summed E-state index contributed by atoms with van der Waals surface area (Å²) in [7, 11) is 0. The van der Waals surface area contributed by atoms with E-state index in [1.165, 1.54) is 16.7 Å². The maximum absolute atomic E-state index is 4.01. The van der Waals surface area contributed by atoms with Crippen LogP contribution in [0.5, 0.6) is 0 Å². The zero-order chi connectivity index (χ0) is 12.6. The van der Waals surface area contributed by atoms with Gasteiger partial charge in [0, 0.05) is 11.4 Å². The Hall–Kier alpha value is -1.76. The van der Waals surface area contributed by atoms with Crippen LogP contribution in [0.15, 0.2) is 53.8 Å². The molecular formula is C16H19N. The number of nitrogens with one attached hydrogen (secondary N) is 1. The van der Waals surface area contributed by atoms with Crippen molar-refractivity contribution in [2.45, 2.75) is 27.2 Å². The lowest BCUT2D eigenvalue weighted by Gasteiger charge is -2.28. The van der Waals surface area contributed by atoms with Crippen LogP contribution >= 0.6 is 0 Å². The summed E-state index contributed by atoms with van der Waals surface area (Å²) < 4.78 is 0. The first-order valence-electron chi connectivity index (χ1n) is 6.00. The van der Waals surface area contributed by atoms with Gasteiger partial charge < -0.3 is 5.32 Å². The van der Waals surface area contributed by atoms with Gasteiger partial charge in [0.2, 0.25) is 0 Å². The van der Waals surface area contributed by atoms with Crippen molar-refractivity contribution in [3.8, 4) is 0 Å². The van der Waals surface area contributed by atoms with Gasteiger partial charge in [-0.2, -0.15) is 0 Å². The fourth-order valence-corrected chi connectivity index (χ4v) is 2.14. The highest BCUT2D eigenvalue weighted by atomic mass is 14.9. The second kappa shape index (κ2) is 4.25. The molecule has 1 aromatic carbocycles. The van der Waals surface area contributed by atoms with Gasteiger partial charge in [-0.05, 0) is 60.2 Å². The van der Waals surface area contributed by atoms with Gasteiger partial charge in [-0.15, -0.1) is 0 Å². The highest BCUT2D eigenvalue weighted by molar-refractivity contribution is 5.72. The maximum Gasteiger partial charge on any atom is 0.0493 e. The summed E-state index contributed by atoms with van der Waals surface area (Å²) in [4.78, 5) is 0. The number of benzene rings is 1. The van der Waals surface area contributed by atoms with Gasteiger partial charge in [0.1, 0.15) is 0 Å². The van der Waals surface area contributed by atoms with Gasteiger partial charge in [0.25, 0.3) is 0 Å². The second-order valence-corrected chi connectivity index (χ2v) is 4.64. The van der Waals surface area contributed by atoms with Crippen molar-refractivity contribution in [3.05, 3.63) is 64.9 Å². The van der Waals surface area contributed by atoms with E-state index in [2.05, 4.69) is 57.4 Å². The number of aryl methyl sites for hydroxylation is 2.